The van der Waals surface area contributed by atoms with Gasteiger partial charge in [-0.1, -0.05) is 46.9 Å². The second kappa shape index (κ2) is 8.86. The predicted molar refractivity (Wildman–Crippen MR) is 111 cm³/mol. The van der Waals surface area contributed by atoms with Crippen molar-refractivity contribution in [1.82, 2.24) is 5.43 Å². The molecule has 3 rings (SSSR count). The fraction of sp³-hybridized carbons (Fsp3) is 0. The molecule has 0 heterocycles. The Morgan fingerprint density at radius 2 is 1.19 bits per heavy atom. The van der Waals surface area contributed by atoms with Crippen LogP contribution in [0.2, 0.25) is 15.1 Å². The first-order valence-corrected chi connectivity index (χ1v) is 8.88. The molecule has 3 aromatic rings. The summed E-state index contributed by atoms with van der Waals surface area (Å²) in [6.07, 6.45) is 1.70. The van der Waals surface area contributed by atoms with Crippen LogP contribution in [0.15, 0.2) is 82.9 Å². The molecule has 6 heteroatoms. The van der Waals surface area contributed by atoms with E-state index >= 15 is 0 Å². The Morgan fingerprint density at radius 1 is 0.692 bits per heavy atom. The van der Waals surface area contributed by atoms with Gasteiger partial charge in [-0.3, -0.25) is 5.43 Å². The van der Waals surface area contributed by atoms with Crippen LogP contribution in [-0.4, -0.2) is 12.1 Å². The summed E-state index contributed by atoms with van der Waals surface area (Å²) in [4.78, 5) is 4.61. The molecule has 1 N–H and O–H groups in total. The van der Waals surface area contributed by atoms with Crippen LogP contribution >= 0.6 is 34.8 Å². The Balaban J connectivity index is 1.86. The monoisotopic (exact) mass is 401 g/mol. The maximum absolute atomic E-state index is 5.98. The van der Waals surface area contributed by atoms with Gasteiger partial charge in [0, 0.05) is 20.6 Å². The first-order valence-electron chi connectivity index (χ1n) is 7.75. The highest BCUT2D eigenvalue weighted by Gasteiger charge is 2.03. The molecule has 0 aromatic heterocycles. The zero-order valence-corrected chi connectivity index (χ0v) is 15.8. The molecule has 0 bridgehead atoms. The third-order valence-electron chi connectivity index (χ3n) is 3.44. The molecule has 0 saturated heterocycles. The fourth-order valence-electron chi connectivity index (χ4n) is 2.12. The molecule has 0 spiro atoms. The minimum Gasteiger partial charge on any atom is -0.261 e. The van der Waals surface area contributed by atoms with E-state index in [1.807, 2.05) is 48.5 Å². The van der Waals surface area contributed by atoms with E-state index in [1.165, 1.54) is 0 Å². The average molecular weight is 403 g/mol. The lowest BCUT2D eigenvalue weighted by molar-refractivity contribution is 1.03. The average Bonchev–Trinajstić information content (AvgIpc) is 2.65. The summed E-state index contributed by atoms with van der Waals surface area (Å²) in [7, 11) is 0. The summed E-state index contributed by atoms with van der Waals surface area (Å²) >= 11 is 17.8. The maximum Gasteiger partial charge on any atom is 0.154 e. The predicted octanol–water partition coefficient (Wildman–Crippen LogP) is 6.35. The topological polar surface area (TPSA) is 36.8 Å². The van der Waals surface area contributed by atoms with Gasteiger partial charge in [0.2, 0.25) is 0 Å². The van der Waals surface area contributed by atoms with E-state index in [0.717, 1.165) is 16.8 Å². The Bertz CT molecular complexity index is 916. The zero-order chi connectivity index (χ0) is 18.4. The third kappa shape index (κ3) is 5.33. The van der Waals surface area contributed by atoms with Crippen LogP contribution in [-0.2, 0) is 0 Å². The van der Waals surface area contributed by atoms with Crippen molar-refractivity contribution in [3.05, 3.63) is 99.0 Å². The number of nitrogens with zero attached hydrogens (tertiary/aromatic N) is 2. The molecule has 0 atom stereocenters. The van der Waals surface area contributed by atoms with Gasteiger partial charge in [0.25, 0.3) is 0 Å². The van der Waals surface area contributed by atoms with Crippen molar-refractivity contribution >= 4 is 52.5 Å². The number of hydrogen-bond acceptors (Lipinski definition) is 2. The van der Waals surface area contributed by atoms with Crippen molar-refractivity contribution in [3.8, 4) is 0 Å². The van der Waals surface area contributed by atoms with Gasteiger partial charge < -0.3 is 0 Å². The third-order valence-corrected chi connectivity index (χ3v) is 4.20. The highest BCUT2D eigenvalue weighted by atomic mass is 35.5. The summed E-state index contributed by atoms with van der Waals surface area (Å²) in [6.45, 7) is 0. The summed E-state index contributed by atoms with van der Waals surface area (Å²) in [5, 5.41) is 6.27. The molecule has 0 saturated carbocycles. The molecular formula is C20H14Cl3N3. The Hall–Kier alpha value is -2.33. The molecule has 0 aliphatic heterocycles. The Kier molecular flexibility index (Phi) is 6.29. The van der Waals surface area contributed by atoms with Gasteiger partial charge in [0.05, 0.1) is 11.9 Å². The molecule has 26 heavy (non-hydrogen) atoms. The van der Waals surface area contributed by atoms with E-state index in [9.17, 15) is 0 Å². The summed E-state index contributed by atoms with van der Waals surface area (Å²) in [5.41, 5.74) is 5.53. The van der Waals surface area contributed by atoms with Crippen LogP contribution in [0.25, 0.3) is 0 Å². The van der Waals surface area contributed by atoms with Crippen molar-refractivity contribution in [2.45, 2.75) is 0 Å². The van der Waals surface area contributed by atoms with Gasteiger partial charge in [-0.25, -0.2) is 4.99 Å². The second-order valence-corrected chi connectivity index (χ2v) is 6.67. The van der Waals surface area contributed by atoms with Gasteiger partial charge >= 0.3 is 0 Å². The van der Waals surface area contributed by atoms with Crippen LogP contribution in [0.3, 0.4) is 0 Å². The Labute approximate surface area is 166 Å². The van der Waals surface area contributed by atoms with Crippen LogP contribution in [0.5, 0.6) is 0 Å². The highest BCUT2D eigenvalue weighted by molar-refractivity contribution is 6.31. The van der Waals surface area contributed by atoms with E-state index < -0.39 is 0 Å². The number of halogens is 3. The molecule has 0 aliphatic rings. The molecule has 0 amide bonds. The van der Waals surface area contributed by atoms with E-state index in [4.69, 9.17) is 34.8 Å². The van der Waals surface area contributed by atoms with Crippen molar-refractivity contribution in [2.24, 2.45) is 10.1 Å². The van der Waals surface area contributed by atoms with Gasteiger partial charge in [-0.05, 0) is 66.2 Å². The number of nitrogens with one attached hydrogen (secondary N) is 1. The highest BCUT2D eigenvalue weighted by Crippen LogP contribution is 2.18. The number of hydrogen-bond donors (Lipinski definition) is 1. The first kappa shape index (κ1) is 18.5. The van der Waals surface area contributed by atoms with E-state index in [0.29, 0.717) is 20.9 Å². The standard InChI is InChI=1S/C20H14Cl3N3/c21-16-5-1-14(2-6-16)13-24-26-20(15-3-7-17(22)8-4-15)25-19-11-9-18(23)10-12-19/h1-13H,(H,25,26)/b24-13+. The van der Waals surface area contributed by atoms with Crippen molar-refractivity contribution in [3.63, 3.8) is 0 Å². The summed E-state index contributed by atoms with van der Waals surface area (Å²) in [5.74, 6) is 0.592. The smallest absolute Gasteiger partial charge is 0.154 e. The van der Waals surface area contributed by atoms with Gasteiger partial charge in [-0.15, -0.1) is 0 Å². The molecule has 3 aromatic carbocycles. The van der Waals surface area contributed by atoms with Gasteiger partial charge in [-0.2, -0.15) is 5.10 Å². The van der Waals surface area contributed by atoms with E-state index in [-0.39, 0.29) is 0 Å². The maximum atomic E-state index is 5.98. The summed E-state index contributed by atoms with van der Waals surface area (Å²) in [6, 6.07) is 22.0. The molecule has 0 aliphatic carbocycles. The normalized spacial score (nSPS) is 11.7. The molecule has 0 unspecified atom stereocenters. The van der Waals surface area contributed by atoms with Crippen molar-refractivity contribution in [1.29, 1.82) is 0 Å². The number of hydrazone groups is 1. The quantitative estimate of drug-likeness (QED) is 0.308. The second-order valence-electron chi connectivity index (χ2n) is 5.37. The van der Waals surface area contributed by atoms with Crippen molar-refractivity contribution < 1.29 is 0 Å². The lowest BCUT2D eigenvalue weighted by Gasteiger charge is -2.07. The number of benzene rings is 3. The minimum absolute atomic E-state index is 0.592. The van der Waals surface area contributed by atoms with Crippen LogP contribution in [0.1, 0.15) is 11.1 Å². The number of amidine groups is 1. The minimum atomic E-state index is 0.592. The zero-order valence-electron chi connectivity index (χ0n) is 13.5. The van der Waals surface area contributed by atoms with Crippen molar-refractivity contribution in [2.75, 3.05) is 0 Å². The molecule has 130 valence electrons. The largest absolute Gasteiger partial charge is 0.261 e. The van der Waals surface area contributed by atoms with Gasteiger partial charge in [0.1, 0.15) is 0 Å². The molecule has 0 radical (unpaired) electrons. The molecule has 0 fully saturated rings. The Morgan fingerprint density at radius 3 is 1.77 bits per heavy atom. The van der Waals surface area contributed by atoms with E-state index in [1.54, 1.807) is 30.5 Å². The van der Waals surface area contributed by atoms with Crippen LogP contribution in [0.4, 0.5) is 5.69 Å². The van der Waals surface area contributed by atoms with Gasteiger partial charge in [0.15, 0.2) is 5.84 Å². The first-order chi connectivity index (χ1) is 12.6. The molecule has 3 nitrogen and oxygen atoms in total. The summed E-state index contributed by atoms with van der Waals surface area (Å²) < 4.78 is 0. The molecular weight excluding hydrogens is 389 g/mol. The lowest BCUT2D eigenvalue weighted by Crippen LogP contribution is -2.18. The fourth-order valence-corrected chi connectivity index (χ4v) is 2.50. The van der Waals surface area contributed by atoms with E-state index in [2.05, 4.69) is 15.5 Å². The lowest BCUT2D eigenvalue weighted by atomic mass is 10.2. The number of aliphatic imine (C=N–C) groups is 1. The van der Waals surface area contributed by atoms with Crippen LogP contribution < -0.4 is 5.43 Å². The number of rotatable bonds is 4. The van der Waals surface area contributed by atoms with Crippen LogP contribution in [0, 0.1) is 0 Å². The SMILES string of the molecule is Clc1ccc(/C=N/NC(=Nc2ccc(Cl)cc2)c2ccc(Cl)cc2)cc1.